The van der Waals surface area contributed by atoms with E-state index in [2.05, 4.69) is 62.1 Å². The summed E-state index contributed by atoms with van der Waals surface area (Å²) in [5, 5.41) is 0. The molecule has 3 nitrogen and oxygen atoms in total. The van der Waals surface area contributed by atoms with Crippen LogP contribution in [0.2, 0.25) is 0 Å². The van der Waals surface area contributed by atoms with Gasteiger partial charge in [0.05, 0.1) is 0 Å². The Morgan fingerprint density at radius 3 is 2.39 bits per heavy atom. The van der Waals surface area contributed by atoms with E-state index in [-0.39, 0.29) is 6.04 Å². The van der Waals surface area contributed by atoms with Gasteiger partial charge in [0.15, 0.2) is 0 Å². The van der Waals surface area contributed by atoms with Crippen LogP contribution in [0.5, 0.6) is 0 Å². The van der Waals surface area contributed by atoms with Crippen LogP contribution in [0, 0.1) is 6.92 Å². The molecule has 0 bridgehead atoms. The van der Waals surface area contributed by atoms with Crippen LogP contribution in [0.1, 0.15) is 23.6 Å². The number of hydrogen-bond acceptors (Lipinski definition) is 3. The van der Waals surface area contributed by atoms with Crippen LogP contribution < -0.4 is 5.73 Å². The lowest BCUT2D eigenvalue weighted by molar-refractivity contribution is 0.286. The Bertz CT molecular complexity index is 349. The third-order valence-corrected chi connectivity index (χ3v) is 3.24. The standard InChI is InChI=1S/C15H27N3/c1-13-8-5-6-9-14(13)15(16)12-18(4)11-7-10-17(2)3/h5-6,8-9,15H,7,10-12,16H2,1-4H3. The average Bonchev–Trinajstić information content (AvgIpc) is 2.28. The molecular weight excluding hydrogens is 222 g/mol. The Hall–Kier alpha value is -0.900. The highest BCUT2D eigenvalue weighted by Gasteiger charge is 2.10. The summed E-state index contributed by atoms with van der Waals surface area (Å²) < 4.78 is 0. The van der Waals surface area contributed by atoms with Gasteiger partial charge in [0.1, 0.15) is 0 Å². The molecule has 0 radical (unpaired) electrons. The van der Waals surface area contributed by atoms with E-state index < -0.39 is 0 Å². The van der Waals surface area contributed by atoms with Crippen molar-refractivity contribution in [3.8, 4) is 0 Å². The van der Waals surface area contributed by atoms with Crippen LogP contribution in [-0.4, -0.2) is 50.6 Å². The topological polar surface area (TPSA) is 32.5 Å². The van der Waals surface area contributed by atoms with Gasteiger partial charge in [-0.15, -0.1) is 0 Å². The van der Waals surface area contributed by atoms with Crippen LogP contribution in [0.15, 0.2) is 24.3 Å². The molecule has 1 atom stereocenters. The minimum absolute atomic E-state index is 0.107. The maximum absolute atomic E-state index is 6.28. The van der Waals surface area contributed by atoms with E-state index in [1.807, 2.05) is 0 Å². The number of aryl methyl sites for hydroxylation is 1. The van der Waals surface area contributed by atoms with Crippen LogP contribution >= 0.6 is 0 Å². The predicted molar refractivity (Wildman–Crippen MR) is 78.8 cm³/mol. The van der Waals surface area contributed by atoms with E-state index in [1.165, 1.54) is 17.5 Å². The summed E-state index contributed by atoms with van der Waals surface area (Å²) in [7, 11) is 6.37. The third-order valence-electron chi connectivity index (χ3n) is 3.24. The molecule has 0 spiro atoms. The molecule has 2 N–H and O–H groups in total. The molecule has 1 rings (SSSR count). The van der Waals surface area contributed by atoms with Gasteiger partial charge in [0, 0.05) is 12.6 Å². The first-order valence-corrected chi connectivity index (χ1v) is 6.65. The molecule has 102 valence electrons. The number of hydrogen-bond donors (Lipinski definition) is 1. The fraction of sp³-hybridized carbons (Fsp3) is 0.600. The Morgan fingerprint density at radius 2 is 1.78 bits per heavy atom. The highest BCUT2D eigenvalue weighted by Crippen LogP contribution is 2.15. The van der Waals surface area contributed by atoms with Gasteiger partial charge < -0.3 is 15.5 Å². The summed E-state index contributed by atoms with van der Waals surface area (Å²) in [6.07, 6.45) is 1.18. The molecule has 0 saturated heterocycles. The van der Waals surface area contributed by atoms with E-state index in [0.717, 1.165) is 19.6 Å². The summed E-state index contributed by atoms with van der Waals surface area (Å²) in [5.74, 6) is 0. The van der Waals surface area contributed by atoms with Crippen LogP contribution in [0.4, 0.5) is 0 Å². The molecule has 0 heterocycles. The molecule has 0 fully saturated rings. The molecule has 3 heteroatoms. The zero-order valence-corrected chi connectivity index (χ0v) is 12.2. The minimum Gasteiger partial charge on any atom is -0.323 e. The van der Waals surface area contributed by atoms with Gasteiger partial charge in [0.2, 0.25) is 0 Å². The van der Waals surface area contributed by atoms with Crippen LogP contribution in [0.3, 0.4) is 0 Å². The average molecular weight is 249 g/mol. The molecule has 0 aliphatic heterocycles. The normalized spacial score (nSPS) is 13.3. The Labute approximate surface area is 112 Å². The lowest BCUT2D eigenvalue weighted by Gasteiger charge is -2.23. The molecule has 18 heavy (non-hydrogen) atoms. The van der Waals surface area contributed by atoms with Gasteiger partial charge in [0.25, 0.3) is 0 Å². The van der Waals surface area contributed by atoms with E-state index in [1.54, 1.807) is 0 Å². The van der Waals surface area contributed by atoms with Crippen LogP contribution in [0.25, 0.3) is 0 Å². The zero-order chi connectivity index (χ0) is 13.5. The predicted octanol–water partition coefficient (Wildman–Crippen LogP) is 1.88. The molecule has 1 aromatic rings. The molecule has 1 aromatic carbocycles. The van der Waals surface area contributed by atoms with Crippen molar-refractivity contribution in [2.24, 2.45) is 5.73 Å². The second-order valence-corrected chi connectivity index (χ2v) is 5.38. The second kappa shape index (κ2) is 7.52. The zero-order valence-electron chi connectivity index (χ0n) is 12.2. The summed E-state index contributed by atoms with van der Waals surface area (Å²) >= 11 is 0. The van der Waals surface area contributed by atoms with Crippen molar-refractivity contribution in [3.63, 3.8) is 0 Å². The minimum atomic E-state index is 0.107. The lowest BCUT2D eigenvalue weighted by Crippen LogP contribution is -2.31. The Balaban J connectivity index is 2.40. The van der Waals surface area contributed by atoms with E-state index in [9.17, 15) is 0 Å². The van der Waals surface area contributed by atoms with E-state index in [4.69, 9.17) is 5.73 Å². The SMILES string of the molecule is Cc1ccccc1C(N)CN(C)CCCN(C)C. The van der Waals surface area contributed by atoms with Gasteiger partial charge in [-0.25, -0.2) is 0 Å². The third kappa shape index (κ3) is 5.17. The van der Waals surface area contributed by atoms with Crippen molar-refractivity contribution < 1.29 is 0 Å². The molecule has 1 unspecified atom stereocenters. The molecule has 0 aliphatic carbocycles. The first kappa shape index (κ1) is 15.2. The maximum Gasteiger partial charge on any atom is 0.0426 e. The highest BCUT2D eigenvalue weighted by molar-refractivity contribution is 5.28. The van der Waals surface area contributed by atoms with Crippen LogP contribution in [-0.2, 0) is 0 Å². The quantitative estimate of drug-likeness (QED) is 0.801. The monoisotopic (exact) mass is 249 g/mol. The number of nitrogens with zero attached hydrogens (tertiary/aromatic N) is 2. The van der Waals surface area contributed by atoms with Gasteiger partial charge in [-0.05, 0) is 58.7 Å². The van der Waals surface area contributed by atoms with Crippen molar-refractivity contribution >= 4 is 0 Å². The first-order chi connectivity index (χ1) is 8.50. The van der Waals surface area contributed by atoms with E-state index in [0.29, 0.717) is 0 Å². The largest absolute Gasteiger partial charge is 0.323 e. The van der Waals surface area contributed by atoms with Gasteiger partial charge in [-0.1, -0.05) is 24.3 Å². The van der Waals surface area contributed by atoms with Crippen molar-refractivity contribution in [1.29, 1.82) is 0 Å². The fourth-order valence-corrected chi connectivity index (χ4v) is 2.19. The maximum atomic E-state index is 6.28. The summed E-state index contributed by atoms with van der Waals surface area (Å²) in [4.78, 5) is 4.54. The van der Waals surface area contributed by atoms with Crippen molar-refractivity contribution in [1.82, 2.24) is 9.80 Å². The second-order valence-electron chi connectivity index (χ2n) is 5.38. The number of likely N-dealkylation sites (N-methyl/N-ethyl adjacent to an activating group) is 1. The van der Waals surface area contributed by atoms with Crippen molar-refractivity contribution in [3.05, 3.63) is 35.4 Å². The molecule has 0 aliphatic rings. The number of benzene rings is 1. The Kier molecular flexibility index (Phi) is 6.33. The van der Waals surface area contributed by atoms with Gasteiger partial charge in [-0.3, -0.25) is 0 Å². The molecule has 0 amide bonds. The molecule has 0 saturated carbocycles. The smallest absolute Gasteiger partial charge is 0.0426 e. The van der Waals surface area contributed by atoms with E-state index >= 15 is 0 Å². The summed E-state index contributed by atoms with van der Waals surface area (Å²) in [6, 6.07) is 8.49. The molecule has 0 aromatic heterocycles. The van der Waals surface area contributed by atoms with Gasteiger partial charge >= 0.3 is 0 Å². The summed E-state index contributed by atoms with van der Waals surface area (Å²) in [5.41, 5.74) is 8.82. The van der Waals surface area contributed by atoms with Crippen molar-refractivity contribution in [2.45, 2.75) is 19.4 Å². The highest BCUT2D eigenvalue weighted by atomic mass is 15.1. The lowest BCUT2D eigenvalue weighted by atomic mass is 10.0. The summed E-state index contributed by atoms with van der Waals surface area (Å²) in [6.45, 7) is 5.27. The first-order valence-electron chi connectivity index (χ1n) is 6.65. The van der Waals surface area contributed by atoms with Gasteiger partial charge in [-0.2, -0.15) is 0 Å². The number of rotatable bonds is 7. The molecular formula is C15H27N3. The number of nitrogens with two attached hydrogens (primary N) is 1. The van der Waals surface area contributed by atoms with Crippen molar-refractivity contribution in [2.75, 3.05) is 40.8 Å². The fourth-order valence-electron chi connectivity index (χ4n) is 2.19. The Morgan fingerprint density at radius 1 is 1.11 bits per heavy atom.